The molecule has 1 amide bonds. The summed E-state index contributed by atoms with van der Waals surface area (Å²) in [4.78, 5) is 11.8. The number of nitrogens with one attached hydrogen (secondary N) is 1. The molecular formula is C12H11BrF3NO2. The molecule has 1 fully saturated rings. The molecule has 0 aliphatic carbocycles. The van der Waals surface area contributed by atoms with Crippen LogP contribution in [-0.2, 0) is 15.7 Å². The molecule has 1 saturated heterocycles. The summed E-state index contributed by atoms with van der Waals surface area (Å²) in [6.45, 7) is 0.502. The SMILES string of the molecule is O=C(Nc1cc(C(F)(F)F)ccc1Br)[C@@H]1CCCO1. The Bertz CT molecular complexity index is 484. The van der Waals surface area contributed by atoms with E-state index in [0.29, 0.717) is 17.5 Å². The van der Waals surface area contributed by atoms with Crippen LogP contribution in [0.3, 0.4) is 0 Å². The molecule has 1 aliphatic rings. The number of hydrogen-bond acceptors (Lipinski definition) is 2. The van der Waals surface area contributed by atoms with E-state index in [1.165, 1.54) is 6.07 Å². The van der Waals surface area contributed by atoms with E-state index in [1.54, 1.807) is 0 Å². The number of carbonyl (C=O) groups excluding carboxylic acids is 1. The molecule has 1 N–H and O–H groups in total. The summed E-state index contributed by atoms with van der Waals surface area (Å²) in [5.74, 6) is -0.419. The monoisotopic (exact) mass is 337 g/mol. The Morgan fingerprint density at radius 2 is 2.16 bits per heavy atom. The summed E-state index contributed by atoms with van der Waals surface area (Å²) in [5.41, 5.74) is -0.714. The van der Waals surface area contributed by atoms with Crippen LogP contribution in [0.4, 0.5) is 18.9 Å². The van der Waals surface area contributed by atoms with Crippen molar-refractivity contribution in [2.45, 2.75) is 25.1 Å². The van der Waals surface area contributed by atoms with Crippen LogP contribution < -0.4 is 5.32 Å². The van der Waals surface area contributed by atoms with Gasteiger partial charge in [0.1, 0.15) is 6.10 Å². The van der Waals surface area contributed by atoms with E-state index in [0.717, 1.165) is 18.6 Å². The van der Waals surface area contributed by atoms with E-state index in [-0.39, 0.29) is 5.69 Å². The zero-order chi connectivity index (χ0) is 14.0. The summed E-state index contributed by atoms with van der Waals surface area (Å²) in [6.07, 6.45) is -3.66. The number of rotatable bonds is 2. The Kier molecular flexibility index (Phi) is 4.15. The molecule has 1 heterocycles. The molecule has 7 heteroatoms. The molecule has 0 radical (unpaired) electrons. The van der Waals surface area contributed by atoms with Gasteiger partial charge in [-0.05, 0) is 47.0 Å². The molecule has 1 aromatic rings. The van der Waals surface area contributed by atoms with E-state index >= 15 is 0 Å². The van der Waals surface area contributed by atoms with Crippen LogP contribution in [0.25, 0.3) is 0 Å². The largest absolute Gasteiger partial charge is 0.416 e. The fourth-order valence-corrected chi connectivity index (χ4v) is 2.14. The van der Waals surface area contributed by atoms with Crippen molar-refractivity contribution < 1.29 is 22.7 Å². The van der Waals surface area contributed by atoms with Crippen molar-refractivity contribution >= 4 is 27.5 Å². The first-order valence-corrected chi connectivity index (χ1v) is 6.46. The van der Waals surface area contributed by atoms with Crippen molar-refractivity contribution in [1.82, 2.24) is 0 Å². The van der Waals surface area contributed by atoms with Crippen molar-refractivity contribution in [3.05, 3.63) is 28.2 Å². The topological polar surface area (TPSA) is 38.3 Å². The van der Waals surface area contributed by atoms with Gasteiger partial charge in [-0.3, -0.25) is 4.79 Å². The van der Waals surface area contributed by atoms with E-state index in [2.05, 4.69) is 21.2 Å². The van der Waals surface area contributed by atoms with Gasteiger partial charge in [-0.25, -0.2) is 0 Å². The number of hydrogen-bond donors (Lipinski definition) is 1. The number of ether oxygens (including phenoxy) is 1. The van der Waals surface area contributed by atoms with Crippen molar-refractivity contribution in [1.29, 1.82) is 0 Å². The lowest BCUT2D eigenvalue weighted by molar-refractivity contribution is -0.137. The molecule has 0 unspecified atom stereocenters. The number of halogens is 4. The molecule has 1 aliphatic heterocycles. The Balaban J connectivity index is 2.17. The van der Waals surface area contributed by atoms with Crippen molar-refractivity contribution in [3.63, 3.8) is 0 Å². The maximum atomic E-state index is 12.6. The van der Waals surface area contributed by atoms with Crippen molar-refractivity contribution in [3.8, 4) is 0 Å². The maximum Gasteiger partial charge on any atom is 0.416 e. The minimum absolute atomic E-state index is 0.0929. The van der Waals surface area contributed by atoms with Gasteiger partial charge < -0.3 is 10.1 Å². The smallest absolute Gasteiger partial charge is 0.368 e. The van der Waals surface area contributed by atoms with Gasteiger partial charge in [-0.1, -0.05) is 0 Å². The van der Waals surface area contributed by atoms with Gasteiger partial charge in [-0.2, -0.15) is 13.2 Å². The lowest BCUT2D eigenvalue weighted by Crippen LogP contribution is -2.27. The molecular weight excluding hydrogens is 327 g/mol. The maximum absolute atomic E-state index is 12.6. The Hall–Kier alpha value is -1.08. The van der Waals surface area contributed by atoms with Gasteiger partial charge in [0.15, 0.2) is 0 Å². The quantitative estimate of drug-likeness (QED) is 0.895. The van der Waals surface area contributed by atoms with E-state index < -0.39 is 23.8 Å². The van der Waals surface area contributed by atoms with Gasteiger partial charge in [0.2, 0.25) is 0 Å². The molecule has 1 aromatic carbocycles. The highest BCUT2D eigenvalue weighted by Gasteiger charge is 2.31. The highest BCUT2D eigenvalue weighted by atomic mass is 79.9. The minimum atomic E-state index is -4.44. The fourth-order valence-electron chi connectivity index (χ4n) is 1.80. The van der Waals surface area contributed by atoms with E-state index in [4.69, 9.17) is 4.74 Å². The molecule has 0 aromatic heterocycles. The number of anilines is 1. The predicted octanol–water partition coefficient (Wildman–Crippen LogP) is 3.59. The Morgan fingerprint density at radius 3 is 2.74 bits per heavy atom. The molecule has 0 bridgehead atoms. The first-order chi connectivity index (χ1) is 8.88. The number of carbonyl (C=O) groups is 1. The Labute approximate surface area is 116 Å². The van der Waals surface area contributed by atoms with E-state index in [9.17, 15) is 18.0 Å². The average Bonchev–Trinajstić information content (AvgIpc) is 2.84. The van der Waals surface area contributed by atoms with Crippen molar-refractivity contribution in [2.75, 3.05) is 11.9 Å². The normalized spacial score (nSPS) is 19.5. The molecule has 3 nitrogen and oxygen atoms in total. The van der Waals surface area contributed by atoms with Gasteiger partial charge in [0, 0.05) is 11.1 Å². The van der Waals surface area contributed by atoms with E-state index in [1.807, 2.05) is 0 Å². The third kappa shape index (κ3) is 3.48. The van der Waals surface area contributed by atoms with Gasteiger partial charge in [0.05, 0.1) is 11.3 Å². The highest BCUT2D eigenvalue weighted by molar-refractivity contribution is 9.10. The standard InChI is InChI=1S/C12H11BrF3NO2/c13-8-4-3-7(12(14,15)16)6-9(8)17-11(18)10-2-1-5-19-10/h3-4,6,10H,1-2,5H2,(H,17,18)/t10-/m0/s1. The van der Waals surface area contributed by atoms with Crippen LogP contribution in [0.1, 0.15) is 18.4 Å². The average molecular weight is 338 g/mol. The minimum Gasteiger partial charge on any atom is -0.368 e. The van der Waals surface area contributed by atoms with Crippen LogP contribution in [0, 0.1) is 0 Å². The molecule has 0 spiro atoms. The lowest BCUT2D eigenvalue weighted by atomic mass is 10.2. The molecule has 1 atom stereocenters. The van der Waals surface area contributed by atoms with Gasteiger partial charge >= 0.3 is 6.18 Å². The summed E-state index contributed by atoms with van der Waals surface area (Å²) in [7, 11) is 0. The molecule has 2 rings (SSSR count). The number of amides is 1. The van der Waals surface area contributed by atoms with Crippen LogP contribution >= 0.6 is 15.9 Å². The van der Waals surface area contributed by atoms with Crippen LogP contribution in [0.15, 0.2) is 22.7 Å². The van der Waals surface area contributed by atoms with Crippen LogP contribution in [0.2, 0.25) is 0 Å². The van der Waals surface area contributed by atoms with Gasteiger partial charge in [0.25, 0.3) is 5.91 Å². The summed E-state index contributed by atoms with van der Waals surface area (Å²) in [6, 6.07) is 3.11. The molecule has 19 heavy (non-hydrogen) atoms. The Morgan fingerprint density at radius 1 is 1.42 bits per heavy atom. The summed E-state index contributed by atoms with van der Waals surface area (Å²) >= 11 is 3.11. The van der Waals surface area contributed by atoms with Crippen molar-refractivity contribution in [2.24, 2.45) is 0 Å². The first-order valence-electron chi connectivity index (χ1n) is 5.67. The first kappa shape index (κ1) is 14.3. The zero-order valence-corrected chi connectivity index (χ0v) is 11.3. The fraction of sp³-hybridized carbons (Fsp3) is 0.417. The van der Waals surface area contributed by atoms with Crippen LogP contribution in [0.5, 0.6) is 0 Å². The number of benzene rings is 1. The lowest BCUT2D eigenvalue weighted by Gasteiger charge is -2.14. The van der Waals surface area contributed by atoms with Crippen LogP contribution in [-0.4, -0.2) is 18.6 Å². The zero-order valence-electron chi connectivity index (χ0n) is 9.76. The van der Waals surface area contributed by atoms with Gasteiger partial charge in [-0.15, -0.1) is 0 Å². The second-order valence-electron chi connectivity index (χ2n) is 4.18. The second kappa shape index (κ2) is 5.50. The predicted molar refractivity (Wildman–Crippen MR) is 66.7 cm³/mol. The summed E-state index contributed by atoms with van der Waals surface area (Å²) in [5, 5.41) is 2.45. The summed E-state index contributed by atoms with van der Waals surface area (Å²) < 4.78 is 43.3. The highest BCUT2D eigenvalue weighted by Crippen LogP contribution is 2.34. The third-order valence-corrected chi connectivity index (χ3v) is 3.47. The number of alkyl halides is 3. The molecule has 104 valence electrons. The molecule has 0 saturated carbocycles. The second-order valence-corrected chi connectivity index (χ2v) is 5.04. The third-order valence-electron chi connectivity index (χ3n) is 2.77.